The molecule has 3 atom stereocenters. The molecule has 0 fully saturated rings. The van der Waals surface area contributed by atoms with Crippen LogP contribution >= 0.6 is 0 Å². The second-order valence-electron chi connectivity index (χ2n) is 8.14. The number of nitrogens with two attached hydrogens (primary N) is 1. The highest BCUT2D eigenvalue weighted by Gasteiger charge is 2.56. The van der Waals surface area contributed by atoms with E-state index in [2.05, 4.69) is 35.2 Å². The van der Waals surface area contributed by atoms with Crippen molar-refractivity contribution in [1.82, 2.24) is 4.90 Å². The number of nitriles is 3. The average molecular weight is 422 g/mol. The molecule has 4 rings (SSSR count). The summed E-state index contributed by atoms with van der Waals surface area (Å²) in [7, 11) is 1.59. The fraction of sp³-hybridized carbons (Fsp3) is 0.269. The Labute approximate surface area is 188 Å². The number of nitrogens with zero attached hydrogens (tertiary/aromatic N) is 4. The lowest BCUT2D eigenvalue weighted by atomic mass is 9.56. The van der Waals surface area contributed by atoms with Gasteiger partial charge in [-0.2, -0.15) is 15.8 Å². The summed E-state index contributed by atoms with van der Waals surface area (Å²) < 4.78 is 5.28. The highest BCUT2D eigenvalue weighted by Crippen LogP contribution is 2.53. The maximum Gasteiger partial charge on any atom is 0.170 e. The van der Waals surface area contributed by atoms with E-state index in [1.165, 1.54) is 0 Å². The molecule has 0 amide bonds. The van der Waals surface area contributed by atoms with E-state index in [1.54, 1.807) is 7.11 Å². The molecule has 158 valence electrons. The summed E-state index contributed by atoms with van der Waals surface area (Å²) in [5.74, 6) is -0.0318. The number of methoxy groups -OCH3 is 1. The normalized spacial score (nSPS) is 23.5. The van der Waals surface area contributed by atoms with Crippen molar-refractivity contribution in [3.05, 3.63) is 89.1 Å². The zero-order chi connectivity index (χ0) is 22.7. The Bertz CT molecular complexity index is 1160. The Morgan fingerprint density at radius 1 is 1.06 bits per heavy atom. The van der Waals surface area contributed by atoms with Crippen molar-refractivity contribution in [2.75, 3.05) is 13.7 Å². The molecule has 1 aliphatic heterocycles. The number of rotatable bonds is 4. The van der Waals surface area contributed by atoms with Crippen LogP contribution in [0.25, 0.3) is 0 Å². The number of hydrogen-bond donors (Lipinski definition) is 1. The number of ether oxygens (including phenoxy) is 1. The Balaban J connectivity index is 1.83. The van der Waals surface area contributed by atoms with Crippen molar-refractivity contribution >= 4 is 0 Å². The molecule has 0 radical (unpaired) electrons. The van der Waals surface area contributed by atoms with Gasteiger partial charge >= 0.3 is 0 Å². The van der Waals surface area contributed by atoms with Crippen LogP contribution in [0, 0.1) is 45.3 Å². The summed E-state index contributed by atoms with van der Waals surface area (Å²) in [6.45, 7) is 1.26. The van der Waals surface area contributed by atoms with Crippen molar-refractivity contribution in [2.24, 2.45) is 17.1 Å². The first-order valence-corrected chi connectivity index (χ1v) is 10.4. The van der Waals surface area contributed by atoms with Crippen LogP contribution in [0.15, 0.2) is 78.0 Å². The average Bonchev–Trinajstić information content (AvgIpc) is 2.84. The van der Waals surface area contributed by atoms with E-state index in [0.717, 1.165) is 16.7 Å². The number of benzene rings is 2. The Hall–Kier alpha value is -4.05. The minimum Gasteiger partial charge on any atom is -0.497 e. The number of allylic oxidation sites excluding steroid dienone is 1. The Morgan fingerprint density at radius 2 is 1.75 bits per heavy atom. The zero-order valence-corrected chi connectivity index (χ0v) is 17.8. The SMILES string of the molecule is COc1ccc(C2[C@H]3CN(Cc4ccccc4)C=CC3=C(C#N)C(N)C2(C#N)C#N)cc1. The largest absolute Gasteiger partial charge is 0.497 e. The van der Waals surface area contributed by atoms with E-state index >= 15 is 0 Å². The first kappa shape index (κ1) is 21.2. The monoisotopic (exact) mass is 421 g/mol. The molecule has 0 aromatic heterocycles. The van der Waals surface area contributed by atoms with Gasteiger partial charge in [0, 0.05) is 24.9 Å². The Kier molecular flexibility index (Phi) is 5.69. The fourth-order valence-electron chi connectivity index (χ4n) is 4.89. The minimum atomic E-state index is -1.56. The molecule has 6 nitrogen and oxygen atoms in total. The molecular formula is C26H23N5O. The highest BCUT2D eigenvalue weighted by molar-refractivity contribution is 5.54. The van der Waals surface area contributed by atoms with Gasteiger partial charge in [0.1, 0.15) is 5.75 Å². The summed E-state index contributed by atoms with van der Waals surface area (Å²) in [5.41, 5.74) is 8.00. The standard InChI is InChI=1S/C26H23N5O/c1-32-20-9-7-19(8-10-20)24-23-15-31(14-18-5-3-2-4-6-18)12-11-21(23)22(13-27)25(30)26(24,16-28)17-29/h2-12,23-25H,14-15,30H2,1H3/t23-,24?,25?/m0/s1. The summed E-state index contributed by atoms with van der Waals surface area (Å²) in [6, 6.07) is 23.1. The van der Waals surface area contributed by atoms with Gasteiger partial charge in [-0.1, -0.05) is 42.5 Å². The summed E-state index contributed by atoms with van der Waals surface area (Å²) >= 11 is 0. The van der Waals surface area contributed by atoms with Crippen molar-refractivity contribution in [3.8, 4) is 24.0 Å². The summed E-state index contributed by atoms with van der Waals surface area (Å²) in [5, 5.41) is 30.3. The molecule has 2 aliphatic rings. The topological polar surface area (TPSA) is 110 Å². The van der Waals surface area contributed by atoms with Crippen LogP contribution in [0.5, 0.6) is 5.75 Å². The maximum atomic E-state index is 10.2. The first-order valence-electron chi connectivity index (χ1n) is 10.4. The quantitative estimate of drug-likeness (QED) is 0.807. The van der Waals surface area contributed by atoms with Gasteiger partial charge in [0.25, 0.3) is 0 Å². The predicted molar refractivity (Wildman–Crippen MR) is 119 cm³/mol. The number of hydrogen-bond acceptors (Lipinski definition) is 6. The van der Waals surface area contributed by atoms with Gasteiger partial charge < -0.3 is 15.4 Å². The second-order valence-corrected chi connectivity index (χ2v) is 8.14. The van der Waals surface area contributed by atoms with Gasteiger partial charge in [-0.05, 0) is 41.1 Å². The van der Waals surface area contributed by atoms with Crippen molar-refractivity contribution < 1.29 is 4.74 Å². The molecule has 0 saturated heterocycles. The molecule has 1 aliphatic carbocycles. The van der Waals surface area contributed by atoms with Crippen molar-refractivity contribution in [1.29, 1.82) is 15.8 Å². The summed E-state index contributed by atoms with van der Waals surface area (Å²) in [6.07, 6.45) is 3.89. The lowest BCUT2D eigenvalue weighted by Gasteiger charge is -2.47. The van der Waals surface area contributed by atoms with E-state index in [0.29, 0.717) is 24.4 Å². The molecule has 0 saturated carbocycles. The van der Waals surface area contributed by atoms with E-state index in [1.807, 2.05) is 54.7 Å². The first-order chi connectivity index (χ1) is 15.6. The van der Waals surface area contributed by atoms with Gasteiger partial charge in [-0.15, -0.1) is 0 Å². The van der Waals surface area contributed by atoms with Crippen molar-refractivity contribution in [3.63, 3.8) is 0 Å². The molecular weight excluding hydrogens is 398 g/mol. The van der Waals surface area contributed by atoms with E-state index in [-0.39, 0.29) is 5.92 Å². The highest BCUT2D eigenvalue weighted by atomic mass is 16.5. The van der Waals surface area contributed by atoms with E-state index in [4.69, 9.17) is 10.5 Å². The molecule has 32 heavy (non-hydrogen) atoms. The van der Waals surface area contributed by atoms with E-state index < -0.39 is 17.4 Å². The fourth-order valence-corrected chi connectivity index (χ4v) is 4.89. The molecule has 1 heterocycles. The Morgan fingerprint density at radius 3 is 2.34 bits per heavy atom. The van der Waals surface area contributed by atoms with Crippen molar-refractivity contribution in [2.45, 2.75) is 18.5 Å². The zero-order valence-electron chi connectivity index (χ0n) is 17.8. The molecule has 6 heteroatoms. The van der Waals surface area contributed by atoms with Gasteiger partial charge in [-0.3, -0.25) is 0 Å². The van der Waals surface area contributed by atoms with Crippen LogP contribution in [-0.2, 0) is 6.54 Å². The molecule has 2 aromatic rings. The minimum absolute atomic E-state index is 0.231. The van der Waals surface area contributed by atoms with Crippen LogP contribution in [-0.4, -0.2) is 24.6 Å². The molecule has 0 spiro atoms. The maximum absolute atomic E-state index is 10.2. The third-order valence-electron chi connectivity index (χ3n) is 6.49. The van der Waals surface area contributed by atoms with E-state index in [9.17, 15) is 15.8 Å². The third kappa shape index (κ3) is 3.40. The molecule has 2 aromatic carbocycles. The second kappa shape index (κ2) is 8.60. The van der Waals surface area contributed by atoms with Crippen LogP contribution < -0.4 is 10.5 Å². The van der Waals surface area contributed by atoms with Crippen LogP contribution in [0.2, 0.25) is 0 Å². The van der Waals surface area contributed by atoms with Crippen LogP contribution in [0.4, 0.5) is 0 Å². The lowest BCUT2D eigenvalue weighted by Crippen LogP contribution is -2.53. The molecule has 0 bridgehead atoms. The molecule has 2 N–H and O–H groups in total. The van der Waals surface area contributed by atoms with Gasteiger partial charge in [0.2, 0.25) is 0 Å². The van der Waals surface area contributed by atoms with Crippen LogP contribution in [0.3, 0.4) is 0 Å². The smallest absolute Gasteiger partial charge is 0.170 e. The van der Waals surface area contributed by atoms with Gasteiger partial charge in [0.05, 0.1) is 36.9 Å². The van der Waals surface area contributed by atoms with Crippen LogP contribution in [0.1, 0.15) is 17.0 Å². The third-order valence-corrected chi connectivity index (χ3v) is 6.49. The lowest BCUT2D eigenvalue weighted by molar-refractivity contribution is 0.211. The van der Waals surface area contributed by atoms with Gasteiger partial charge in [-0.25, -0.2) is 0 Å². The summed E-state index contributed by atoms with van der Waals surface area (Å²) in [4.78, 5) is 2.16. The number of fused-ring (bicyclic) bond motifs is 1. The predicted octanol–water partition coefficient (Wildman–Crippen LogP) is 3.62. The van der Waals surface area contributed by atoms with Gasteiger partial charge in [0.15, 0.2) is 5.41 Å². The molecule has 2 unspecified atom stereocenters.